The number of quaternary nitrogens is 1. The van der Waals surface area contributed by atoms with Crippen LogP contribution in [0.2, 0.25) is 0 Å². The summed E-state index contributed by atoms with van der Waals surface area (Å²) < 4.78 is 10.8. The number of benzene rings is 2. The molecular formula is C24H21N3O6. The standard InChI is InChI=1S/C24H21N3O6/c1-13-21-20(28)12-19(15-4-10-18(32-3)11-5-15)23(24(29)22(21)14(2)33-13)26-25-16-6-8-17(9-7-16)27(30)31/h4-12,27,29-30H,1-3H3. The fourth-order valence-corrected chi connectivity index (χ4v) is 3.65. The monoisotopic (exact) mass is 447 g/mol. The highest BCUT2D eigenvalue weighted by Crippen LogP contribution is 2.43. The Morgan fingerprint density at radius 2 is 1.61 bits per heavy atom. The van der Waals surface area contributed by atoms with Gasteiger partial charge in [0.25, 0.3) is 0 Å². The molecule has 9 heteroatoms. The molecule has 0 saturated carbocycles. The Kier molecular flexibility index (Phi) is 5.93. The molecule has 0 radical (unpaired) electrons. The van der Waals surface area contributed by atoms with Crippen molar-refractivity contribution in [3.63, 3.8) is 0 Å². The molecule has 1 heterocycles. The first kappa shape index (κ1) is 22.2. The fourth-order valence-electron chi connectivity index (χ4n) is 3.65. The summed E-state index contributed by atoms with van der Waals surface area (Å²) in [7, 11) is 1.55. The Morgan fingerprint density at radius 3 is 2.21 bits per heavy atom. The summed E-state index contributed by atoms with van der Waals surface area (Å²) in [5.74, 6) is 1.18. The van der Waals surface area contributed by atoms with E-state index in [0.717, 1.165) is 0 Å². The highest BCUT2D eigenvalue weighted by Gasteiger charge is 2.20. The van der Waals surface area contributed by atoms with E-state index in [1.54, 1.807) is 45.2 Å². The lowest BCUT2D eigenvalue weighted by Gasteiger charge is -2.10. The normalized spacial score (nSPS) is 12.4. The van der Waals surface area contributed by atoms with Crippen molar-refractivity contribution >= 4 is 27.8 Å². The average molecular weight is 447 g/mol. The summed E-state index contributed by atoms with van der Waals surface area (Å²) in [6, 6.07) is 14.2. The van der Waals surface area contributed by atoms with Crippen LogP contribution in [-0.4, -0.2) is 17.4 Å². The molecule has 0 aliphatic rings. The minimum atomic E-state index is -1.05. The molecule has 1 aromatic heterocycles. The van der Waals surface area contributed by atoms with Crippen LogP contribution in [0.1, 0.15) is 11.5 Å². The number of hydrogen-bond donors (Lipinski definition) is 3. The summed E-state index contributed by atoms with van der Waals surface area (Å²) in [6.07, 6.45) is 0. The van der Waals surface area contributed by atoms with Gasteiger partial charge in [-0.2, -0.15) is 10.3 Å². The van der Waals surface area contributed by atoms with Crippen LogP contribution in [0.15, 0.2) is 74.0 Å². The Bertz CT molecular complexity index is 1410. The number of nitrogens with zero attached hydrogens (tertiary/aromatic N) is 2. The third kappa shape index (κ3) is 4.20. The van der Waals surface area contributed by atoms with Crippen LogP contribution < -0.4 is 15.4 Å². The van der Waals surface area contributed by atoms with E-state index in [-0.39, 0.29) is 33.3 Å². The number of nitrogens with one attached hydrogen (secondary N) is 1. The molecule has 9 nitrogen and oxygen atoms in total. The molecule has 4 rings (SSSR count). The van der Waals surface area contributed by atoms with Crippen molar-refractivity contribution in [3.8, 4) is 22.6 Å². The fraction of sp³-hybridized carbons (Fsp3) is 0.125. The Morgan fingerprint density at radius 1 is 0.970 bits per heavy atom. The van der Waals surface area contributed by atoms with Gasteiger partial charge in [0.1, 0.15) is 23.0 Å². The van der Waals surface area contributed by atoms with E-state index >= 15 is 0 Å². The zero-order valence-corrected chi connectivity index (χ0v) is 18.1. The molecule has 168 valence electrons. The first-order valence-corrected chi connectivity index (χ1v) is 9.99. The minimum Gasteiger partial charge on any atom is -0.595 e. The highest BCUT2D eigenvalue weighted by atomic mass is 16.8. The molecule has 0 spiro atoms. The van der Waals surface area contributed by atoms with Crippen LogP contribution in [0, 0.1) is 19.1 Å². The van der Waals surface area contributed by atoms with E-state index < -0.39 is 5.23 Å². The molecule has 0 saturated heterocycles. The largest absolute Gasteiger partial charge is 0.595 e. The smallest absolute Gasteiger partial charge is 0.190 e. The van der Waals surface area contributed by atoms with E-state index in [0.29, 0.717) is 34.1 Å². The Hall–Kier alpha value is -4.05. The van der Waals surface area contributed by atoms with Gasteiger partial charge in [0.15, 0.2) is 16.9 Å². The summed E-state index contributed by atoms with van der Waals surface area (Å²) in [5, 5.41) is 39.3. The molecule has 33 heavy (non-hydrogen) atoms. The second-order valence-electron chi connectivity index (χ2n) is 7.36. The lowest BCUT2D eigenvalue weighted by atomic mass is 10.1. The molecule has 0 bridgehead atoms. The quantitative estimate of drug-likeness (QED) is 0.302. The number of aromatic hydroxyl groups is 1. The first-order valence-electron chi connectivity index (χ1n) is 9.99. The lowest BCUT2D eigenvalue weighted by Crippen LogP contribution is -2.99. The Balaban J connectivity index is 1.97. The van der Waals surface area contributed by atoms with E-state index in [1.165, 1.54) is 30.3 Å². The highest BCUT2D eigenvalue weighted by molar-refractivity contribution is 5.98. The second kappa shape index (κ2) is 8.83. The maximum atomic E-state index is 13.1. The molecule has 1 unspecified atom stereocenters. The first-order chi connectivity index (χ1) is 15.8. The summed E-state index contributed by atoms with van der Waals surface area (Å²) in [5.41, 5.74) is 1.25. The number of furan rings is 1. The third-order valence-electron chi connectivity index (χ3n) is 5.28. The number of aryl methyl sites for hydroxylation is 2. The minimum absolute atomic E-state index is 0.0819. The number of rotatable bonds is 5. The molecule has 3 aromatic carbocycles. The molecule has 0 fully saturated rings. The topological polar surface area (TPSA) is 132 Å². The van der Waals surface area contributed by atoms with Crippen molar-refractivity contribution in [1.29, 1.82) is 0 Å². The van der Waals surface area contributed by atoms with Gasteiger partial charge in [-0.3, -0.25) is 4.79 Å². The van der Waals surface area contributed by atoms with Crippen molar-refractivity contribution < 1.29 is 24.7 Å². The van der Waals surface area contributed by atoms with Gasteiger partial charge < -0.3 is 19.5 Å². The second-order valence-corrected chi connectivity index (χ2v) is 7.36. The van der Waals surface area contributed by atoms with E-state index in [2.05, 4.69) is 10.2 Å². The maximum Gasteiger partial charge on any atom is 0.190 e. The summed E-state index contributed by atoms with van der Waals surface area (Å²) in [4.78, 5) is 13.1. The molecule has 3 N–H and O–H groups in total. The van der Waals surface area contributed by atoms with Crippen LogP contribution in [0.5, 0.6) is 11.5 Å². The zero-order chi connectivity index (χ0) is 23.7. The van der Waals surface area contributed by atoms with Crippen molar-refractivity contribution in [2.24, 2.45) is 10.2 Å². The van der Waals surface area contributed by atoms with Crippen LogP contribution in [-0.2, 0) is 0 Å². The van der Waals surface area contributed by atoms with Crippen molar-refractivity contribution in [2.45, 2.75) is 13.8 Å². The predicted molar refractivity (Wildman–Crippen MR) is 122 cm³/mol. The number of azo groups is 1. The van der Waals surface area contributed by atoms with E-state index in [9.17, 15) is 15.1 Å². The van der Waals surface area contributed by atoms with Gasteiger partial charge in [-0.15, -0.1) is 5.11 Å². The van der Waals surface area contributed by atoms with Gasteiger partial charge >= 0.3 is 0 Å². The number of fused-ring (bicyclic) bond motifs is 1. The lowest BCUT2D eigenvalue weighted by molar-refractivity contribution is -0.991. The molecule has 0 aliphatic carbocycles. The van der Waals surface area contributed by atoms with Crippen molar-refractivity contribution in [1.82, 2.24) is 0 Å². The number of hydrogen-bond acceptors (Lipinski definition) is 8. The molecule has 1 atom stereocenters. The van der Waals surface area contributed by atoms with Crippen molar-refractivity contribution in [2.75, 3.05) is 7.11 Å². The predicted octanol–water partition coefficient (Wildman–Crippen LogP) is 4.61. The van der Waals surface area contributed by atoms with Crippen molar-refractivity contribution in [3.05, 3.63) is 81.5 Å². The Labute approximate surface area is 188 Å². The zero-order valence-electron chi connectivity index (χ0n) is 18.1. The summed E-state index contributed by atoms with van der Waals surface area (Å²) in [6.45, 7) is 3.32. The van der Waals surface area contributed by atoms with Gasteiger partial charge in [-0.25, -0.2) is 5.21 Å². The van der Waals surface area contributed by atoms with Crippen LogP contribution in [0.25, 0.3) is 21.9 Å². The van der Waals surface area contributed by atoms with Crippen LogP contribution in [0.4, 0.5) is 17.1 Å². The average Bonchev–Trinajstić information content (AvgIpc) is 3.05. The van der Waals surface area contributed by atoms with Crippen LogP contribution >= 0.6 is 0 Å². The molecule has 0 aliphatic heterocycles. The third-order valence-corrected chi connectivity index (χ3v) is 5.28. The van der Waals surface area contributed by atoms with Gasteiger partial charge in [-0.1, -0.05) is 12.1 Å². The van der Waals surface area contributed by atoms with Crippen LogP contribution in [0.3, 0.4) is 0 Å². The molecular weight excluding hydrogens is 426 g/mol. The van der Waals surface area contributed by atoms with Gasteiger partial charge in [0.2, 0.25) is 0 Å². The van der Waals surface area contributed by atoms with E-state index in [4.69, 9.17) is 14.4 Å². The van der Waals surface area contributed by atoms with Gasteiger partial charge in [0, 0.05) is 17.7 Å². The molecule has 4 aromatic rings. The molecule has 0 amide bonds. The number of methoxy groups -OCH3 is 1. The maximum absolute atomic E-state index is 13.1. The number of ether oxygens (including phenoxy) is 1. The summed E-state index contributed by atoms with van der Waals surface area (Å²) >= 11 is 0. The van der Waals surface area contributed by atoms with E-state index in [1.807, 2.05) is 0 Å². The SMILES string of the molecule is COc1ccc(-c2cc(=O)c3c(C)oc(C)c3c(O)c2N=Nc2ccc([NH+]([O-])O)cc2)cc1. The van der Waals surface area contributed by atoms with Gasteiger partial charge in [-0.05, 0) is 49.7 Å². The van der Waals surface area contributed by atoms with Gasteiger partial charge in [0.05, 0.1) is 23.6 Å².